The molecule has 4 rings (SSSR count). The lowest BCUT2D eigenvalue weighted by Gasteiger charge is -2.14. The zero-order valence-electron chi connectivity index (χ0n) is 17.8. The van der Waals surface area contributed by atoms with Gasteiger partial charge >= 0.3 is 0 Å². The third-order valence-electron chi connectivity index (χ3n) is 5.13. The van der Waals surface area contributed by atoms with Crippen molar-refractivity contribution in [1.82, 2.24) is 5.43 Å². The van der Waals surface area contributed by atoms with Crippen LogP contribution in [0.1, 0.15) is 16.7 Å². The van der Waals surface area contributed by atoms with Crippen LogP contribution in [0, 0.1) is 0 Å². The smallest absolute Gasteiger partial charge is 0.175 e. The van der Waals surface area contributed by atoms with Crippen molar-refractivity contribution >= 4 is 56.1 Å². The molecule has 0 aromatic heterocycles. The molecule has 0 atom stereocenters. The molecule has 7 heteroatoms. The molecule has 0 saturated carbocycles. The van der Waals surface area contributed by atoms with Crippen molar-refractivity contribution in [2.75, 3.05) is 7.11 Å². The highest BCUT2D eigenvalue weighted by atomic mass is 79.9. The Morgan fingerprint density at radius 1 is 0.970 bits per heavy atom. The minimum Gasteiger partial charge on any atom is -0.493 e. The van der Waals surface area contributed by atoms with Gasteiger partial charge in [-0.2, -0.15) is 5.10 Å². The lowest BCUT2D eigenvalue weighted by molar-refractivity contribution is 0.283. The maximum Gasteiger partial charge on any atom is 0.175 e. The molecule has 4 aromatic carbocycles. The molecule has 33 heavy (non-hydrogen) atoms. The summed E-state index contributed by atoms with van der Waals surface area (Å²) in [4.78, 5) is 0. The fraction of sp³-hybridized carbons (Fsp3) is 0.115. The summed E-state index contributed by atoms with van der Waals surface area (Å²) in [6.45, 7) is 0.837. The van der Waals surface area contributed by atoms with Crippen LogP contribution in [0.25, 0.3) is 10.8 Å². The van der Waals surface area contributed by atoms with Gasteiger partial charge in [0.15, 0.2) is 11.5 Å². The summed E-state index contributed by atoms with van der Waals surface area (Å²) in [6, 6.07) is 23.7. The Kier molecular flexibility index (Phi) is 7.76. The Hall–Kier alpha value is -2.73. The van der Waals surface area contributed by atoms with E-state index < -0.39 is 0 Å². The summed E-state index contributed by atoms with van der Waals surface area (Å²) in [5.41, 5.74) is 5.73. The van der Waals surface area contributed by atoms with E-state index in [1.54, 1.807) is 25.5 Å². The Bertz CT molecular complexity index is 1290. The van der Waals surface area contributed by atoms with Gasteiger partial charge in [-0.05, 0) is 62.1 Å². The lowest BCUT2D eigenvalue weighted by Crippen LogP contribution is -2.07. The molecule has 0 aliphatic carbocycles. The molecule has 0 unspecified atom stereocenters. The lowest BCUT2D eigenvalue weighted by atomic mass is 10.1. The van der Waals surface area contributed by atoms with Gasteiger partial charge in [0, 0.05) is 15.6 Å². The fourth-order valence-corrected chi connectivity index (χ4v) is 4.57. The fourth-order valence-electron chi connectivity index (χ4n) is 3.47. The third-order valence-corrected chi connectivity index (χ3v) is 6.42. The minimum absolute atomic E-state index is 0.416. The Balaban J connectivity index is 1.47. The van der Waals surface area contributed by atoms with Gasteiger partial charge < -0.3 is 14.9 Å². The molecule has 0 fully saturated rings. The second-order valence-corrected chi connectivity index (χ2v) is 8.92. The number of hydrogen-bond donors (Lipinski definition) is 1. The number of hydrazone groups is 1. The Morgan fingerprint density at radius 2 is 1.70 bits per heavy atom. The van der Waals surface area contributed by atoms with Crippen LogP contribution in [0.5, 0.6) is 11.5 Å². The highest BCUT2D eigenvalue weighted by molar-refractivity contribution is 9.10. The maximum absolute atomic E-state index is 6.20. The second-order valence-electron chi connectivity index (χ2n) is 7.25. The van der Waals surface area contributed by atoms with Crippen molar-refractivity contribution in [3.8, 4) is 11.5 Å². The number of benzene rings is 4. The number of ether oxygens (including phenoxy) is 2. The summed E-state index contributed by atoms with van der Waals surface area (Å²) in [7, 11) is 1.62. The van der Waals surface area contributed by atoms with Crippen LogP contribution in [0.15, 0.2) is 82.4 Å². The van der Waals surface area contributed by atoms with Gasteiger partial charge in [-0.25, -0.2) is 0 Å². The zero-order chi connectivity index (χ0) is 23.2. The average Bonchev–Trinajstić information content (AvgIpc) is 2.82. The first-order valence-corrected chi connectivity index (χ1v) is 11.8. The predicted molar refractivity (Wildman–Crippen MR) is 140 cm³/mol. The first-order chi connectivity index (χ1) is 16.1. The summed E-state index contributed by atoms with van der Waals surface area (Å²) in [5.74, 6) is 1.25. The van der Waals surface area contributed by atoms with Crippen LogP contribution < -0.4 is 14.9 Å². The molecule has 0 bridgehead atoms. The molecular weight excluding hydrogens is 523 g/mol. The number of nitrogens with zero attached hydrogens (tertiary/aromatic N) is 1. The SMILES string of the molecule is COc1cc(/C=N/NCc2c(Cl)cccc2Cl)cc(Br)c1OCc1cccc2ccccc12. The van der Waals surface area contributed by atoms with E-state index in [0.29, 0.717) is 34.7 Å². The largest absolute Gasteiger partial charge is 0.493 e. The van der Waals surface area contributed by atoms with E-state index in [0.717, 1.165) is 21.2 Å². The number of rotatable bonds is 8. The molecule has 4 aromatic rings. The van der Waals surface area contributed by atoms with Crippen molar-refractivity contribution < 1.29 is 9.47 Å². The van der Waals surface area contributed by atoms with Gasteiger partial charge in [-0.3, -0.25) is 0 Å². The number of methoxy groups -OCH3 is 1. The van der Waals surface area contributed by atoms with Gasteiger partial charge in [0.25, 0.3) is 0 Å². The van der Waals surface area contributed by atoms with Crippen LogP contribution in [0.4, 0.5) is 0 Å². The van der Waals surface area contributed by atoms with E-state index in [1.807, 2.05) is 36.4 Å². The van der Waals surface area contributed by atoms with Gasteiger partial charge in [0.2, 0.25) is 0 Å². The van der Waals surface area contributed by atoms with Crippen molar-refractivity contribution in [3.05, 3.63) is 104 Å². The highest BCUT2D eigenvalue weighted by Gasteiger charge is 2.12. The standard InChI is InChI=1S/C26H21BrCl2N2O2/c1-32-25-13-17(14-30-31-15-21-23(28)10-5-11-24(21)29)12-22(27)26(25)33-16-19-8-4-7-18-6-2-3-9-20(18)19/h2-14,31H,15-16H2,1H3/b30-14+. The van der Waals surface area contributed by atoms with Gasteiger partial charge in [-0.15, -0.1) is 0 Å². The van der Waals surface area contributed by atoms with Crippen molar-refractivity contribution in [2.24, 2.45) is 5.10 Å². The number of halogens is 3. The van der Waals surface area contributed by atoms with Gasteiger partial charge in [0.1, 0.15) is 6.61 Å². The Labute approximate surface area is 211 Å². The number of nitrogens with one attached hydrogen (secondary N) is 1. The zero-order valence-corrected chi connectivity index (χ0v) is 20.9. The maximum atomic E-state index is 6.20. The summed E-state index contributed by atoms with van der Waals surface area (Å²) in [6.07, 6.45) is 1.70. The normalized spacial score (nSPS) is 11.2. The predicted octanol–water partition coefficient (Wildman–Crippen LogP) is 7.62. The van der Waals surface area contributed by atoms with Gasteiger partial charge in [0.05, 0.1) is 24.3 Å². The van der Waals surface area contributed by atoms with Crippen LogP contribution in [0.2, 0.25) is 10.0 Å². The van der Waals surface area contributed by atoms with Crippen molar-refractivity contribution in [2.45, 2.75) is 13.2 Å². The highest BCUT2D eigenvalue weighted by Crippen LogP contribution is 2.37. The van der Waals surface area contributed by atoms with Crippen LogP contribution in [-0.2, 0) is 13.2 Å². The molecular formula is C26H21BrCl2N2O2. The van der Waals surface area contributed by atoms with Crippen molar-refractivity contribution in [3.63, 3.8) is 0 Å². The van der Waals surface area contributed by atoms with Gasteiger partial charge in [-0.1, -0.05) is 71.7 Å². The Morgan fingerprint density at radius 3 is 2.48 bits per heavy atom. The van der Waals surface area contributed by atoms with E-state index in [-0.39, 0.29) is 0 Å². The van der Waals surface area contributed by atoms with E-state index in [9.17, 15) is 0 Å². The van der Waals surface area contributed by atoms with Crippen LogP contribution in [0.3, 0.4) is 0 Å². The quantitative estimate of drug-likeness (QED) is 0.183. The molecule has 0 saturated heterocycles. The summed E-state index contributed by atoms with van der Waals surface area (Å²) >= 11 is 16.0. The third kappa shape index (κ3) is 5.61. The average molecular weight is 544 g/mol. The first kappa shape index (κ1) is 23.4. The molecule has 4 nitrogen and oxygen atoms in total. The van der Waals surface area contributed by atoms with Crippen molar-refractivity contribution in [1.29, 1.82) is 0 Å². The van der Waals surface area contributed by atoms with E-state index in [1.165, 1.54) is 10.8 Å². The monoisotopic (exact) mass is 542 g/mol. The topological polar surface area (TPSA) is 42.8 Å². The molecule has 1 N–H and O–H groups in total. The molecule has 0 aliphatic rings. The van der Waals surface area contributed by atoms with Crippen LogP contribution in [-0.4, -0.2) is 13.3 Å². The minimum atomic E-state index is 0.416. The summed E-state index contributed by atoms with van der Waals surface area (Å²) < 4.78 is 12.5. The summed E-state index contributed by atoms with van der Waals surface area (Å²) in [5, 5.41) is 7.83. The number of fused-ring (bicyclic) bond motifs is 1. The molecule has 0 heterocycles. The molecule has 0 amide bonds. The number of hydrogen-bond acceptors (Lipinski definition) is 4. The van der Waals surface area contributed by atoms with Crippen LogP contribution >= 0.6 is 39.1 Å². The molecule has 0 aliphatic heterocycles. The molecule has 0 spiro atoms. The first-order valence-electron chi connectivity index (χ1n) is 10.2. The van der Waals surface area contributed by atoms with E-state index >= 15 is 0 Å². The van der Waals surface area contributed by atoms with E-state index in [2.05, 4.69) is 50.7 Å². The molecule has 0 radical (unpaired) electrons. The second kappa shape index (κ2) is 10.9. The molecule has 168 valence electrons. The van der Waals surface area contributed by atoms with E-state index in [4.69, 9.17) is 32.7 Å².